The van der Waals surface area contributed by atoms with Gasteiger partial charge in [0.2, 0.25) is 15.9 Å². The van der Waals surface area contributed by atoms with Gasteiger partial charge in [-0.25, -0.2) is 8.42 Å². The quantitative estimate of drug-likeness (QED) is 0.822. The van der Waals surface area contributed by atoms with Crippen molar-refractivity contribution in [3.8, 4) is 0 Å². The smallest absolute Gasteiger partial charge is 0.246 e. The lowest BCUT2D eigenvalue weighted by atomic mass is 10.3. The summed E-state index contributed by atoms with van der Waals surface area (Å²) in [5.41, 5.74) is 5.98. The minimum atomic E-state index is -3.63. The normalized spacial score (nSPS) is 20.3. The highest BCUT2D eigenvalue weighted by Crippen LogP contribution is 2.32. The van der Waals surface area contributed by atoms with Crippen LogP contribution in [0.1, 0.15) is 12.8 Å². The van der Waals surface area contributed by atoms with E-state index in [0.717, 1.165) is 12.8 Å². The number of sulfonamides is 1. The first-order chi connectivity index (χ1) is 9.50. The lowest BCUT2D eigenvalue weighted by molar-refractivity contribution is -0.131. The highest BCUT2D eigenvalue weighted by molar-refractivity contribution is 7.89. The summed E-state index contributed by atoms with van der Waals surface area (Å²) in [5, 5.41) is 0. The molecule has 1 aromatic rings. The number of benzene rings is 1. The molecule has 1 aliphatic carbocycles. The predicted octanol–water partition coefficient (Wildman–Crippen LogP) is 0.469. The largest absolute Gasteiger partial charge is 0.398 e. The molecule has 0 aromatic heterocycles. The number of anilines is 1. The number of amides is 1. The van der Waals surface area contributed by atoms with E-state index in [1.807, 2.05) is 0 Å². The SMILES string of the molecule is Nc1ccccc1S(=O)(=O)N1CCN(C(=O)C2CC2)C1. The minimum absolute atomic E-state index is 0.0729. The van der Waals surface area contributed by atoms with E-state index in [4.69, 9.17) is 5.73 Å². The molecule has 1 saturated carbocycles. The van der Waals surface area contributed by atoms with Crippen molar-refractivity contribution >= 4 is 21.6 Å². The van der Waals surface area contributed by atoms with Crippen molar-refractivity contribution in [3.63, 3.8) is 0 Å². The van der Waals surface area contributed by atoms with Gasteiger partial charge in [-0.2, -0.15) is 4.31 Å². The number of nitrogen functional groups attached to an aromatic ring is 1. The van der Waals surface area contributed by atoms with Crippen LogP contribution in [0.3, 0.4) is 0 Å². The molecule has 20 heavy (non-hydrogen) atoms. The zero-order valence-electron chi connectivity index (χ0n) is 11.0. The Kier molecular flexibility index (Phi) is 3.18. The summed E-state index contributed by atoms with van der Waals surface area (Å²) in [5.74, 6) is 0.184. The van der Waals surface area contributed by atoms with Crippen LogP contribution in [0.4, 0.5) is 5.69 Å². The summed E-state index contributed by atoms with van der Waals surface area (Å²) in [4.78, 5) is 13.7. The molecule has 1 aliphatic heterocycles. The average molecular weight is 295 g/mol. The fraction of sp³-hybridized carbons (Fsp3) is 0.462. The maximum absolute atomic E-state index is 12.5. The molecular formula is C13H17N3O3S. The van der Waals surface area contributed by atoms with Gasteiger partial charge in [-0.15, -0.1) is 0 Å². The Morgan fingerprint density at radius 2 is 1.90 bits per heavy atom. The van der Waals surface area contributed by atoms with Crippen molar-refractivity contribution in [2.45, 2.75) is 17.7 Å². The Balaban J connectivity index is 1.79. The Morgan fingerprint density at radius 3 is 2.55 bits per heavy atom. The van der Waals surface area contributed by atoms with E-state index in [1.54, 1.807) is 23.1 Å². The molecule has 0 spiro atoms. The zero-order chi connectivity index (χ0) is 14.3. The van der Waals surface area contributed by atoms with Crippen molar-refractivity contribution in [2.75, 3.05) is 25.5 Å². The Labute approximate surface area is 118 Å². The number of rotatable bonds is 3. The number of hydrogen-bond donors (Lipinski definition) is 1. The van der Waals surface area contributed by atoms with Gasteiger partial charge in [0.1, 0.15) is 4.90 Å². The molecule has 0 unspecified atom stereocenters. The topological polar surface area (TPSA) is 83.7 Å². The van der Waals surface area contributed by atoms with E-state index >= 15 is 0 Å². The molecule has 2 fully saturated rings. The third-order valence-electron chi connectivity index (χ3n) is 3.72. The molecule has 2 aliphatic rings. The zero-order valence-corrected chi connectivity index (χ0v) is 11.8. The summed E-state index contributed by atoms with van der Waals surface area (Å²) in [6.07, 6.45) is 1.85. The minimum Gasteiger partial charge on any atom is -0.398 e. The van der Waals surface area contributed by atoms with E-state index < -0.39 is 10.0 Å². The van der Waals surface area contributed by atoms with E-state index in [9.17, 15) is 13.2 Å². The van der Waals surface area contributed by atoms with Crippen LogP contribution in [0.5, 0.6) is 0 Å². The van der Waals surface area contributed by atoms with Crippen molar-refractivity contribution in [1.82, 2.24) is 9.21 Å². The van der Waals surface area contributed by atoms with E-state index in [1.165, 1.54) is 10.4 Å². The first-order valence-corrected chi connectivity index (χ1v) is 8.07. The lowest BCUT2D eigenvalue weighted by Gasteiger charge is -2.19. The molecule has 108 valence electrons. The van der Waals surface area contributed by atoms with Crippen LogP contribution in [0.25, 0.3) is 0 Å². The average Bonchev–Trinajstić information content (AvgIpc) is 3.14. The Bertz CT molecular complexity index is 640. The van der Waals surface area contributed by atoms with Crippen molar-refractivity contribution in [1.29, 1.82) is 0 Å². The van der Waals surface area contributed by atoms with Gasteiger partial charge >= 0.3 is 0 Å². The number of hydrogen-bond acceptors (Lipinski definition) is 4. The van der Waals surface area contributed by atoms with Crippen LogP contribution < -0.4 is 5.73 Å². The molecule has 3 rings (SSSR count). The first kappa shape index (κ1) is 13.4. The fourth-order valence-electron chi connectivity index (χ4n) is 2.38. The second-order valence-electron chi connectivity index (χ2n) is 5.24. The van der Waals surface area contributed by atoms with Crippen LogP contribution in [-0.4, -0.2) is 43.3 Å². The molecule has 1 aromatic carbocycles. The summed E-state index contributed by atoms with van der Waals surface area (Å²) < 4.78 is 26.4. The summed E-state index contributed by atoms with van der Waals surface area (Å²) >= 11 is 0. The Morgan fingerprint density at radius 1 is 1.20 bits per heavy atom. The molecule has 1 saturated heterocycles. The third-order valence-corrected chi connectivity index (χ3v) is 5.63. The molecule has 1 heterocycles. The standard InChI is InChI=1S/C13H17N3O3S/c14-11-3-1-2-4-12(11)20(18,19)16-8-7-15(9-16)13(17)10-5-6-10/h1-4,10H,5-9,14H2. The van der Waals surface area contributed by atoms with Gasteiger partial charge in [0.15, 0.2) is 0 Å². The molecule has 0 radical (unpaired) electrons. The molecule has 0 bridgehead atoms. The highest BCUT2D eigenvalue weighted by Gasteiger charge is 2.39. The van der Waals surface area contributed by atoms with Crippen molar-refractivity contribution in [3.05, 3.63) is 24.3 Å². The van der Waals surface area contributed by atoms with Gasteiger partial charge in [-0.05, 0) is 25.0 Å². The summed E-state index contributed by atoms with van der Waals surface area (Å²) in [6, 6.07) is 6.40. The van der Waals surface area contributed by atoms with Crippen LogP contribution in [0.15, 0.2) is 29.2 Å². The maximum Gasteiger partial charge on any atom is 0.246 e. The van der Waals surface area contributed by atoms with Crippen molar-refractivity contribution in [2.24, 2.45) is 5.92 Å². The van der Waals surface area contributed by atoms with Gasteiger partial charge in [-0.1, -0.05) is 12.1 Å². The highest BCUT2D eigenvalue weighted by atomic mass is 32.2. The second kappa shape index (κ2) is 4.75. The van der Waals surface area contributed by atoms with E-state index in [-0.39, 0.29) is 29.1 Å². The number of nitrogens with zero attached hydrogens (tertiary/aromatic N) is 2. The summed E-state index contributed by atoms with van der Waals surface area (Å²) in [6.45, 7) is 0.919. The number of carbonyl (C=O) groups excluding carboxylic acids is 1. The van der Waals surface area contributed by atoms with Crippen LogP contribution in [-0.2, 0) is 14.8 Å². The van der Waals surface area contributed by atoms with Gasteiger partial charge in [0.25, 0.3) is 0 Å². The van der Waals surface area contributed by atoms with E-state index in [0.29, 0.717) is 13.1 Å². The number of nitrogens with two attached hydrogens (primary N) is 1. The second-order valence-corrected chi connectivity index (χ2v) is 7.14. The molecular weight excluding hydrogens is 278 g/mol. The molecule has 2 N–H and O–H groups in total. The molecule has 7 heteroatoms. The summed E-state index contributed by atoms with van der Waals surface area (Å²) in [7, 11) is -3.63. The van der Waals surface area contributed by atoms with Gasteiger partial charge < -0.3 is 10.6 Å². The number of carbonyl (C=O) groups is 1. The third kappa shape index (κ3) is 2.27. The van der Waals surface area contributed by atoms with Crippen LogP contribution in [0, 0.1) is 5.92 Å². The lowest BCUT2D eigenvalue weighted by Crippen LogP contribution is -2.34. The van der Waals surface area contributed by atoms with E-state index in [2.05, 4.69) is 0 Å². The first-order valence-electron chi connectivity index (χ1n) is 6.63. The van der Waals surface area contributed by atoms with Gasteiger partial charge in [0, 0.05) is 19.0 Å². The van der Waals surface area contributed by atoms with Crippen LogP contribution >= 0.6 is 0 Å². The monoisotopic (exact) mass is 295 g/mol. The van der Waals surface area contributed by atoms with Crippen molar-refractivity contribution < 1.29 is 13.2 Å². The maximum atomic E-state index is 12.5. The molecule has 6 nitrogen and oxygen atoms in total. The predicted molar refractivity (Wildman–Crippen MR) is 74.1 cm³/mol. The van der Waals surface area contributed by atoms with Crippen LogP contribution in [0.2, 0.25) is 0 Å². The number of para-hydroxylation sites is 1. The van der Waals surface area contributed by atoms with Gasteiger partial charge in [-0.3, -0.25) is 4.79 Å². The fourth-order valence-corrected chi connectivity index (χ4v) is 3.89. The Hall–Kier alpha value is -1.60. The molecule has 1 amide bonds. The van der Waals surface area contributed by atoms with Gasteiger partial charge in [0.05, 0.1) is 12.4 Å². The molecule has 0 atom stereocenters.